The second kappa shape index (κ2) is 9.34. The van der Waals surface area contributed by atoms with E-state index in [0.29, 0.717) is 17.4 Å². The molecule has 1 heterocycles. The van der Waals surface area contributed by atoms with E-state index in [2.05, 4.69) is 4.98 Å². The van der Waals surface area contributed by atoms with Crippen molar-refractivity contribution in [3.63, 3.8) is 0 Å². The molecule has 2 aromatic carbocycles. The van der Waals surface area contributed by atoms with Crippen LogP contribution in [0.1, 0.15) is 31.0 Å². The molecule has 0 bridgehead atoms. The number of hydrogen-bond donors (Lipinski definition) is 1. The summed E-state index contributed by atoms with van der Waals surface area (Å²) >= 11 is 1.40. The highest BCUT2D eigenvalue weighted by Gasteiger charge is 2.28. The zero-order valence-electron chi connectivity index (χ0n) is 17.3. The largest absolute Gasteiger partial charge is 0.497 e. The fourth-order valence-corrected chi connectivity index (χ4v) is 4.19. The van der Waals surface area contributed by atoms with Crippen LogP contribution < -0.4 is 15.4 Å². The lowest BCUT2D eigenvalue weighted by Crippen LogP contribution is -2.35. The van der Waals surface area contributed by atoms with E-state index in [1.54, 1.807) is 36.3 Å². The van der Waals surface area contributed by atoms with E-state index in [0.717, 1.165) is 34.6 Å². The molecule has 1 fully saturated rings. The van der Waals surface area contributed by atoms with Crippen molar-refractivity contribution in [2.45, 2.75) is 30.2 Å². The molecule has 3 aromatic rings. The zero-order valence-corrected chi connectivity index (χ0v) is 18.1. The number of nitrogens with zero attached hydrogens (tertiary/aromatic N) is 3. The van der Waals surface area contributed by atoms with Crippen molar-refractivity contribution in [2.24, 2.45) is 5.73 Å². The standard InChI is InChI=1S/C23H24N4O3S/c1-30-17-10-8-16(9-11-17)27(13-12-20(24)28)21(29)14-31-23-18-4-2-3-5-19(18)25-22(26-23)15-6-7-15/h2-5,8-11,15H,6-7,12-14H2,1H3,(H2,24,28). The molecular weight excluding hydrogens is 412 g/mol. The van der Waals surface area contributed by atoms with Gasteiger partial charge in [0.25, 0.3) is 0 Å². The van der Waals surface area contributed by atoms with Crippen molar-refractivity contribution in [3.05, 3.63) is 54.4 Å². The molecule has 2 amide bonds. The Labute approximate surface area is 185 Å². The Morgan fingerprint density at radius 2 is 1.87 bits per heavy atom. The third-order valence-corrected chi connectivity index (χ3v) is 6.10. The predicted octanol–water partition coefficient (Wildman–Crippen LogP) is 3.52. The van der Waals surface area contributed by atoms with Gasteiger partial charge in [0.1, 0.15) is 16.6 Å². The number of amides is 2. The lowest BCUT2D eigenvalue weighted by Gasteiger charge is -2.22. The monoisotopic (exact) mass is 436 g/mol. The first-order valence-electron chi connectivity index (χ1n) is 10.2. The molecule has 2 N–H and O–H groups in total. The first-order valence-corrected chi connectivity index (χ1v) is 11.2. The summed E-state index contributed by atoms with van der Waals surface area (Å²) in [7, 11) is 1.59. The Kier molecular flexibility index (Phi) is 6.36. The van der Waals surface area contributed by atoms with E-state index in [9.17, 15) is 9.59 Å². The molecule has 0 atom stereocenters. The maximum atomic E-state index is 13.1. The third kappa shape index (κ3) is 5.14. The van der Waals surface area contributed by atoms with E-state index in [1.165, 1.54) is 11.8 Å². The van der Waals surface area contributed by atoms with Crippen LogP contribution in [0.2, 0.25) is 0 Å². The van der Waals surface area contributed by atoms with Crippen LogP contribution in [0.15, 0.2) is 53.6 Å². The van der Waals surface area contributed by atoms with Crippen molar-refractivity contribution < 1.29 is 14.3 Å². The highest BCUT2D eigenvalue weighted by atomic mass is 32.2. The summed E-state index contributed by atoms with van der Waals surface area (Å²) < 4.78 is 5.19. The highest BCUT2D eigenvalue weighted by molar-refractivity contribution is 8.00. The molecule has 31 heavy (non-hydrogen) atoms. The maximum absolute atomic E-state index is 13.1. The number of fused-ring (bicyclic) bond motifs is 1. The minimum absolute atomic E-state index is 0.0880. The highest BCUT2D eigenvalue weighted by Crippen LogP contribution is 2.39. The van der Waals surface area contributed by atoms with Crippen molar-refractivity contribution >= 4 is 40.2 Å². The second-order valence-corrected chi connectivity index (χ2v) is 8.39. The van der Waals surface area contributed by atoms with Gasteiger partial charge in [0.15, 0.2) is 0 Å². The fraction of sp³-hybridized carbons (Fsp3) is 0.304. The lowest BCUT2D eigenvalue weighted by atomic mass is 10.2. The smallest absolute Gasteiger partial charge is 0.237 e. The van der Waals surface area contributed by atoms with Gasteiger partial charge < -0.3 is 15.4 Å². The Balaban J connectivity index is 1.55. The van der Waals surface area contributed by atoms with Gasteiger partial charge in [-0.1, -0.05) is 30.0 Å². The van der Waals surface area contributed by atoms with Crippen LogP contribution in [0.5, 0.6) is 5.75 Å². The number of para-hydroxylation sites is 1. The van der Waals surface area contributed by atoms with Crippen molar-refractivity contribution in [1.82, 2.24) is 9.97 Å². The topological polar surface area (TPSA) is 98.4 Å². The molecule has 1 aromatic heterocycles. The number of methoxy groups -OCH3 is 1. The molecule has 8 heteroatoms. The van der Waals surface area contributed by atoms with Crippen molar-refractivity contribution in [3.8, 4) is 5.75 Å². The minimum Gasteiger partial charge on any atom is -0.497 e. The Hall–Kier alpha value is -3.13. The Bertz CT molecular complexity index is 1100. The number of rotatable bonds is 9. The second-order valence-electron chi connectivity index (χ2n) is 7.43. The first-order chi connectivity index (χ1) is 15.0. The van der Waals surface area contributed by atoms with Gasteiger partial charge in [-0.15, -0.1) is 0 Å². The molecule has 1 aliphatic rings. The number of primary amides is 1. The summed E-state index contributed by atoms with van der Waals surface area (Å²) in [4.78, 5) is 35.5. The van der Waals surface area contributed by atoms with Gasteiger partial charge >= 0.3 is 0 Å². The molecule has 1 aliphatic carbocycles. The van der Waals surface area contributed by atoms with Crippen molar-refractivity contribution in [2.75, 3.05) is 24.3 Å². The number of benzene rings is 2. The van der Waals surface area contributed by atoms with Crippen LogP contribution in [0.3, 0.4) is 0 Å². The van der Waals surface area contributed by atoms with Crippen LogP contribution in [-0.4, -0.2) is 41.2 Å². The lowest BCUT2D eigenvalue weighted by molar-refractivity contribution is -0.118. The zero-order chi connectivity index (χ0) is 21.8. The summed E-state index contributed by atoms with van der Waals surface area (Å²) in [6.45, 7) is 0.221. The average molecular weight is 437 g/mol. The van der Waals surface area contributed by atoms with E-state index >= 15 is 0 Å². The van der Waals surface area contributed by atoms with Crippen LogP contribution in [0, 0.1) is 0 Å². The number of anilines is 1. The number of aromatic nitrogens is 2. The Morgan fingerprint density at radius 3 is 2.55 bits per heavy atom. The molecule has 7 nitrogen and oxygen atoms in total. The molecular formula is C23H24N4O3S. The summed E-state index contributed by atoms with van der Waals surface area (Å²) in [6, 6.07) is 15.0. The van der Waals surface area contributed by atoms with E-state index in [1.807, 2.05) is 24.3 Å². The number of nitrogens with two attached hydrogens (primary N) is 1. The van der Waals surface area contributed by atoms with E-state index < -0.39 is 5.91 Å². The number of carbonyl (C=O) groups excluding carboxylic acids is 2. The number of thioether (sulfide) groups is 1. The molecule has 160 valence electrons. The van der Waals surface area contributed by atoms with Gasteiger partial charge in [0.05, 0.1) is 18.4 Å². The average Bonchev–Trinajstić information content (AvgIpc) is 3.63. The number of hydrogen-bond acceptors (Lipinski definition) is 6. The van der Waals surface area contributed by atoms with E-state index in [4.69, 9.17) is 15.5 Å². The normalized spacial score (nSPS) is 13.2. The molecule has 0 radical (unpaired) electrons. The summed E-state index contributed by atoms with van der Waals surface area (Å²) in [5, 5.41) is 1.75. The maximum Gasteiger partial charge on any atom is 0.237 e. The van der Waals surface area contributed by atoms with Gasteiger partial charge in [-0.3, -0.25) is 9.59 Å². The SMILES string of the molecule is COc1ccc(N(CCC(N)=O)C(=O)CSc2nc(C3CC3)nc3ccccc23)cc1. The molecule has 4 rings (SSSR count). The van der Waals surface area contributed by atoms with Gasteiger partial charge in [-0.25, -0.2) is 9.97 Å². The van der Waals surface area contributed by atoms with Gasteiger partial charge in [-0.2, -0.15) is 0 Å². The van der Waals surface area contributed by atoms with Crippen LogP contribution in [0.4, 0.5) is 5.69 Å². The minimum atomic E-state index is -0.449. The summed E-state index contributed by atoms with van der Waals surface area (Å²) in [5.74, 6) is 1.60. The van der Waals surface area contributed by atoms with Crippen molar-refractivity contribution in [1.29, 1.82) is 0 Å². The summed E-state index contributed by atoms with van der Waals surface area (Å²) in [6.07, 6.45) is 2.31. The van der Waals surface area contributed by atoms with Crippen LogP contribution in [-0.2, 0) is 9.59 Å². The number of carbonyl (C=O) groups is 2. The molecule has 0 spiro atoms. The van der Waals surface area contributed by atoms with Crippen LogP contribution >= 0.6 is 11.8 Å². The quantitative estimate of drug-likeness (QED) is 0.407. The predicted molar refractivity (Wildman–Crippen MR) is 121 cm³/mol. The first kappa shape index (κ1) is 21.1. The number of ether oxygens (including phenoxy) is 1. The van der Waals surface area contributed by atoms with Gasteiger partial charge in [-0.05, 0) is 43.2 Å². The van der Waals surface area contributed by atoms with Gasteiger partial charge in [0, 0.05) is 30.0 Å². The molecule has 1 saturated carbocycles. The Morgan fingerprint density at radius 1 is 1.13 bits per heavy atom. The molecule has 0 saturated heterocycles. The molecule has 0 unspecified atom stereocenters. The summed E-state index contributed by atoms with van der Waals surface area (Å²) in [5.41, 5.74) is 6.92. The fourth-order valence-electron chi connectivity index (χ4n) is 3.29. The molecule has 0 aliphatic heterocycles. The third-order valence-electron chi connectivity index (χ3n) is 5.13. The van der Waals surface area contributed by atoms with Crippen LogP contribution in [0.25, 0.3) is 10.9 Å². The van der Waals surface area contributed by atoms with E-state index in [-0.39, 0.29) is 24.6 Å². The van der Waals surface area contributed by atoms with Gasteiger partial charge in [0.2, 0.25) is 11.8 Å².